The first-order chi connectivity index (χ1) is 7.41. The quantitative estimate of drug-likeness (QED) is 0.708. The van der Waals surface area contributed by atoms with Crippen LogP contribution < -0.4 is 5.32 Å². The number of aliphatic hydroxyl groups is 1. The van der Waals surface area contributed by atoms with Crippen molar-refractivity contribution in [2.45, 2.75) is 38.7 Å². The van der Waals surface area contributed by atoms with Crippen LogP contribution in [0.3, 0.4) is 0 Å². The van der Waals surface area contributed by atoms with Crippen LogP contribution in [0, 0.1) is 0 Å². The van der Waals surface area contributed by atoms with Gasteiger partial charge in [-0.1, -0.05) is 0 Å². The van der Waals surface area contributed by atoms with E-state index in [2.05, 4.69) is 5.32 Å². The van der Waals surface area contributed by atoms with Crippen molar-refractivity contribution in [3.05, 3.63) is 0 Å². The molecule has 16 heavy (non-hydrogen) atoms. The number of nitrogens with zero attached hydrogens (tertiary/aromatic N) is 1. The molecule has 0 saturated carbocycles. The number of carbonyl (C=O) groups excluding carboxylic acids is 2. The van der Waals surface area contributed by atoms with Gasteiger partial charge in [0.05, 0.1) is 6.54 Å². The molecule has 1 fully saturated rings. The lowest BCUT2D eigenvalue weighted by Gasteiger charge is -2.27. The molecular formula is C11H20N2O3. The van der Waals surface area contributed by atoms with Gasteiger partial charge in [-0.25, -0.2) is 0 Å². The summed E-state index contributed by atoms with van der Waals surface area (Å²) in [5, 5.41) is 11.8. The van der Waals surface area contributed by atoms with Crippen molar-refractivity contribution in [3.63, 3.8) is 0 Å². The summed E-state index contributed by atoms with van der Waals surface area (Å²) in [6.07, 6.45) is 3.23. The highest BCUT2D eigenvalue weighted by atomic mass is 16.3. The standard InChI is InChI=1S/C11H20N2O3/c1-11(2,16)10(15)12-8-9(14)13-6-4-3-5-7-13/h16H,3-8H2,1-2H3,(H,12,15). The van der Waals surface area contributed by atoms with Gasteiger partial charge in [0, 0.05) is 13.1 Å². The Morgan fingerprint density at radius 2 is 1.81 bits per heavy atom. The van der Waals surface area contributed by atoms with Crippen molar-refractivity contribution in [2.24, 2.45) is 0 Å². The van der Waals surface area contributed by atoms with Crippen LogP contribution in [0.25, 0.3) is 0 Å². The fourth-order valence-corrected chi connectivity index (χ4v) is 1.63. The minimum absolute atomic E-state index is 0.0250. The molecule has 0 aromatic rings. The Kier molecular flexibility index (Phi) is 4.29. The number of likely N-dealkylation sites (tertiary alicyclic amines) is 1. The van der Waals surface area contributed by atoms with Crippen molar-refractivity contribution < 1.29 is 14.7 Å². The highest BCUT2D eigenvalue weighted by molar-refractivity contribution is 5.88. The lowest BCUT2D eigenvalue weighted by atomic mass is 10.1. The van der Waals surface area contributed by atoms with Crippen molar-refractivity contribution in [2.75, 3.05) is 19.6 Å². The van der Waals surface area contributed by atoms with Gasteiger partial charge in [-0.3, -0.25) is 9.59 Å². The second-order valence-electron chi connectivity index (χ2n) is 4.68. The highest BCUT2D eigenvalue weighted by Crippen LogP contribution is 2.08. The van der Waals surface area contributed by atoms with Gasteiger partial charge >= 0.3 is 0 Å². The normalized spacial score (nSPS) is 17.1. The number of carbonyl (C=O) groups is 2. The molecule has 5 heteroatoms. The lowest BCUT2D eigenvalue weighted by molar-refractivity contribution is -0.140. The number of rotatable bonds is 3. The molecule has 0 aromatic carbocycles. The van der Waals surface area contributed by atoms with E-state index in [4.69, 9.17) is 0 Å². The van der Waals surface area contributed by atoms with Gasteiger partial charge < -0.3 is 15.3 Å². The molecular weight excluding hydrogens is 208 g/mol. The Bertz CT molecular complexity index is 265. The molecule has 0 spiro atoms. The van der Waals surface area contributed by atoms with Crippen molar-refractivity contribution in [3.8, 4) is 0 Å². The van der Waals surface area contributed by atoms with E-state index in [0.29, 0.717) is 0 Å². The third kappa shape index (κ3) is 3.81. The Hall–Kier alpha value is -1.10. The average Bonchev–Trinajstić information content (AvgIpc) is 2.25. The van der Waals surface area contributed by atoms with E-state index in [1.165, 1.54) is 20.3 Å². The van der Waals surface area contributed by atoms with Crippen LogP contribution in [0.15, 0.2) is 0 Å². The molecule has 0 unspecified atom stereocenters. The summed E-state index contributed by atoms with van der Waals surface area (Å²) in [6, 6.07) is 0. The average molecular weight is 228 g/mol. The molecule has 1 aliphatic heterocycles. The summed E-state index contributed by atoms with van der Waals surface area (Å²) < 4.78 is 0. The van der Waals surface area contributed by atoms with Crippen LogP contribution in [0.4, 0.5) is 0 Å². The van der Waals surface area contributed by atoms with Crippen LogP contribution in [-0.2, 0) is 9.59 Å². The van der Waals surface area contributed by atoms with E-state index in [-0.39, 0.29) is 12.5 Å². The largest absolute Gasteiger partial charge is 0.381 e. The van der Waals surface area contributed by atoms with Gasteiger partial charge in [0.15, 0.2) is 0 Å². The second kappa shape index (κ2) is 5.30. The molecule has 0 radical (unpaired) electrons. The van der Waals surface area contributed by atoms with E-state index < -0.39 is 11.5 Å². The van der Waals surface area contributed by atoms with Crippen LogP contribution in [0.5, 0.6) is 0 Å². The fraction of sp³-hybridized carbons (Fsp3) is 0.818. The maximum Gasteiger partial charge on any atom is 0.251 e. The monoisotopic (exact) mass is 228 g/mol. The molecule has 1 saturated heterocycles. The molecule has 1 aliphatic rings. The topological polar surface area (TPSA) is 69.6 Å². The number of piperidine rings is 1. The molecule has 0 aliphatic carbocycles. The van der Waals surface area contributed by atoms with Crippen molar-refractivity contribution >= 4 is 11.8 Å². The van der Waals surface area contributed by atoms with E-state index in [1.54, 1.807) is 4.90 Å². The van der Waals surface area contributed by atoms with E-state index in [1.807, 2.05) is 0 Å². The first kappa shape index (κ1) is 13.0. The zero-order valence-electron chi connectivity index (χ0n) is 9.95. The van der Waals surface area contributed by atoms with Gasteiger partial charge in [-0.05, 0) is 33.1 Å². The van der Waals surface area contributed by atoms with E-state index in [0.717, 1.165) is 25.9 Å². The highest BCUT2D eigenvalue weighted by Gasteiger charge is 2.25. The predicted molar refractivity (Wildman–Crippen MR) is 59.7 cm³/mol. The van der Waals surface area contributed by atoms with Gasteiger partial charge in [0.25, 0.3) is 5.91 Å². The number of hydrogen-bond acceptors (Lipinski definition) is 3. The summed E-state index contributed by atoms with van der Waals surface area (Å²) in [7, 11) is 0. The van der Waals surface area contributed by atoms with E-state index >= 15 is 0 Å². The second-order valence-corrected chi connectivity index (χ2v) is 4.68. The van der Waals surface area contributed by atoms with Gasteiger partial charge in [-0.15, -0.1) is 0 Å². The van der Waals surface area contributed by atoms with Gasteiger partial charge in [0.1, 0.15) is 5.60 Å². The van der Waals surface area contributed by atoms with Crippen molar-refractivity contribution in [1.29, 1.82) is 0 Å². The molecule has 0 bridgehead atoms. The molecule has 0 aromatic heterocycles. The molecule has 1 rings (SSSR count). The van der Waals surface area contributed by atoms with Gasteiger partial charge in [-0.2, -0.15) is 0 Å². The molecule has 5 nitrogen and oxygen atoms in total. The third-order valence-corrected chi connectivity index (χ3v) is 2.66. The van der Waals surface area contributed by atoms with Crippen LogP contribution in [0.1, 0.15) is 33.1 Å². The molecule has 1 heterocycles. The Morgan fingerprint density at radius 1 is 1.25 bits per heavy atom. The molecule has 0 atom stereocenters. The minimum Gasteiger partial charge on any atom is -0.381 e. The maximum atomic E-state index is 11.7. The third-order valence-electron chi connectivity index (χ3n) is 2.66. The van der Waals surface area contributed by atoms with E-state index in [9.17, 15) is 14.7 Å². The van der Waals surface area contributed by atoms with Gasteiger partial charge in [0.2, 0.25) is 5.91 Å². The maximum absolute atomic E-state index is 11.7. The zero-order chi connectivity index (χ0) is 12.2. The smallest absolute Gasteiger partial charge is 0.251 e. The predicted octanol–water partition coefficient (Wildman–Crippen LogP) is -0.114. The SMILES string of the molecule is CC(C)(O)C(=O)NCC(=O)N1CCCCC1. The number of amides is 2. The lowest BCUT2D eigenvalue weighted by Crippen LogP contribution is -2.47. The Labute approximate surface area is 95.8 Å². The first-order valence-electron chi connectivity index (χ1n) is 5.70. The van der Waals surface area contributed by atoms with Crippen LogP contribution >= 0.6 is 0 Å². The van der Waals surface area contributed by atoms with Crippen molar-refractivity contribution in [1.82, 2.24) is 10.2 Å². The number of hydrogen-bond donors (Lipinski definition) is 2. The summed E-state index contributed by atoms with van der Waals surface area (Å²) in [4.78, 5) is 24.7. The fourth-order valence-electron chi connectivity index (χ4n) is 1.63. The summed E-state index contributed by atoms with van der Waals surface area (Å²) in [5.74, 6) is -0.588. The Morgan fingerprint density at radius 3 is 2.31 bits per heavy atom. The van der Waals surface area contributed by atoms with Crippen LogP contribution in [-0.4, -0.2) is 47.1 Å². The minimum atomic E-state index is -1.43. The zero-order valence-corrected chi connectivity index (χ0v) is 9.95. The molecule has 2 amide bonds. The summed E-state index contributed by atoms with van der Waals surface area (Å²) >= 11 is 0. The number of nitrogens with one attached hydrogen (secondary N) is 1. The van der Waals surface area contributed by atoms with Crippen LogP contribution in [0.2, 0.25) is 0 Å². The molecule has 2 N–H and O–H groups in total. The summed E-state index contributed by atoms with van der Waals surface area (Å²) in [6.45, 7) is 4.32. The molecule has 92 valence electrons. The Balaban J connectivity index is 2.32. The summed E-state index contributed by atoms with van der Waals surface area (Å²) in [5.41, 5.74) is -1.43. The first-order valence-corrected chi connectivity index (χ1v) is 5.70.